The molecule has 0 saturated carbocycles. The number of nitrogens with zero attached hydrogens (tertiary/aromatic N) is 3. The van der Waals surface area contributed by atoms with Gasteiger partial charge in [-0.2, -0.15) is 5.10 Å². The molecule has 0 unspecified atom stereocenters. The van der Waals surface area contributed by atoms with Crippen LogP contribution in [0.4, 0.5) is 0 Å². The molecule has 1 heterocycles. The number of hydrogen-bond acceptors (Lipinski definition) is 3. The fourth-order valence-corrected chi connectivity index (χ4v) is 3.32. The molecule has 2 aromatic rings. The van der Waals surface area contributed by atoms with Gasteiger partial charge in [-0.05, 0) is 50.6 Å². The summed E-state index contributed by atoms with van der Waals surface area (Å²) < 4.78 is 2.05. The fourth-order valence-electron chi connectivity index (χ4n) is 2.43. The molecule has 5 nitrogen and oxygen atoms in total. The van der Waals surface area contributed by atoms with Crippen molar-refractivity contribution < 1.29 is 0 Å². The van der Waals surface area contributed by atoms with Crippen LogP contribution in [0.3, 0.4) is 0 Å². The van der Waals surface area contributed by atoms with E-state index in [1.807, 2.05) is 31.2 Å². The van der Waals surface area contributed by atoms with Crippen molar-refractivity contribution >= 4 is 53.3 Å². The highest BCUT2D eigenvalue weighted by Crippen LogP contribution is 2.19. The van der Waals surface area contributed by atoms with Gasteiger partial charge in [0.15, 0.2) is 5.96 Å². The normalized spacial score (nSPS) is 11.2. The van der Waals surface area contributed by atoms with Crippen molar-refractivity contribution in [2.45, 2.75) is 31.7 Å². The molecule has 0 radical (unpaired) electrons. The lowest BCUT2D eigenvalue weighted by Crippen LogP contribution is -2.39. The van der Waals surface area contributed by atoms with Crippen molar-refractivity contribution in [2.75, 3.05) is 25.9 Å². The van der Waals surface area contributed by atoms with E-state index in [0.717, 1.165) is 48.5 Å². The van der Waals surface area contributed by atoms with Crippen LogP contribution in [0.15, 0.2) is 40.2 Å². The summed E-state index contributed by atoms with van der Waals surface area (Å²) in [7, 11) is 1.79. The van der Waals surface area contributed by atoms with Gasteiger partial charge in [0.1, 0.15) is 0 Å². The van der Waals surface area contributed by atoms with Gasteiger partial charge in [-0.3, -0.25) is 9.67 Å². The van der Waals surface area contributed by atoms with Crippen LogP contribution >= 0.6 is 47.3 Å². The second-order valence-electron chi connectivity index (χ2n) is 5.73. The lowest BCUT2D eigenvalue weighted by Gasteiger charge is -2.12. The maximum atomic E-state index is 5.89. The second kappa shape index (κ2) is 12.5. The quantitative estimate of drug-likeness (QED) is 0.186. The SMILES string of the molecule is CN=C(NCCCn1nc(C)cc1C)NCCSc1ccc(Cl)cc1.I. The van der Waals surface area contributed by atoms with E-state index in [1.54, 1.807) is 18.8 Å². The molecule has 2 N–H and O–H groups in total. The summed E-state index contributed by atoms with van der Waals surface area (Å²) in [6, 6.07) is 10.0. The molecule has 0 aliphatic heterocycles. The highest BCUT2D eigenvalue weighted by atomic mass is 127. The summed E-state index contributed by atoms with van der Waals surface area (Å²) in [6.45, 7) is 6.74. The molecule has 2 rings (SSSR count). The zero-order valence-electron chi connectivity index (χ0n) is 15.5. The van der Waals surface area contributed by atoms with E-state index in [0.29, 0.717) is 0 Å². The molecule has 26 heavy (non-hydrogen) atoms. The van der Waals surface area contributed by atoms with Gasteiger partial charge in [-0.25, -0.2) is 0 Å². The minimum absolute atomic E-state index is 0. The molecule has 1 aromatic carbocycles. The zero-order chi connectivity index (χ0) is 18.1. The summed E-state index contributed by atoms with van der Waals surface area (Å²) in [5, 5.41) is 11.9. The predicted molar refractivity (Wildman–Crippen MR) is 123 cm³/mol. The first-order valence-electron chi connectivity index (χ1n) is 8.42. The number of guanidine groups is 1. The van der Waals surface area contributed by atoms with Crippen LogP contribution < -0.4 is 10.6 Å². The van der Waals surface area contributed by atoms with Crippen LogP contribution in [0, 0.1) is 13.8 Å². The van der Waals surface area contributed by atoms with Crippen LogP contribution in [-0.4, -0.2) is 41.6 Å². The van der Waals surface area contributed by atoms with Gasteiger partial charge in [0.2, 0.25) is 0 Å². The Labute approximate surface area is 182 Å². The van der Waals surface area contributed by atoms with Crippen LogP contribution in [0.2, 0.25) is 5.02 Å². The molecular formula is C18H27ClIN5S. The molecule has 0 atom stereocenters. The standard InChI is InChI=1S/C18H26ClN5S.HI/c1-14-13-15(2)24(23-14)11-4-9-21-18(20-3)22-10-12-25-17-7-5-16(19)6-8-17;/h5-8,13H,4,9-12H2,1-3H3,(H2,20,21,22);1H. The Bertz CT molecular complexity index is 687. The third-order valence-electron chi connectivity index (χ3n) is 3.64. The molecule has 0 spiro atoms. The molecule has 0 bridgehead atoms. The molecule has 0 fully saturated rings. The number of thioether (sulfide) groups is 1. The first-order valence-corrected chi connectivity index (χ1v) is 9.79. The van der Waals surface area contributed by atoms with Crippen LogP contribution in [0.5, 0.6) is 0 Å². The smallest absolute Gasteiger partial charge is 0.191 e. The molecule has 0 amide bonds. The Morgan fingerprint density at radius 2 is 1.88 bits per heavy atom. The van der Waals surface area contributed by atoms with Crippen molar-refractivity contribution in [3.05, 3.63) is 46.7 Å². The Hall–Kier alpha value is -0.930. The van der Waals surface area contributed by atoms with E-state index >= 15 is 0 Å². The molecule has 0 saturated heterocycles. The molecular weight excluding hydrogens is 481 g/mol. The average Bonchev–Trinajstić information content (AvgIpc) is 2.92. The number of hydrogen-bond donors (Lipinski definition) is 2. The van der Waals surface area contributed by atoms with Gasteiger partial charge >= 0.3 is 0 Å². The molecule has 0 aliphatic rings. The Morgan fingerprint density at radius 1 is 1.19 bits per heavy atom. The van der Waals surface area contributed by atoms with Gasteiger partial charge < -0.3 is 10.6 Å². The highest BCUT2D eigenvalue weighted by molar-refractivity contribution is 14.0. The van der Waals surface area contributed by atoms with Crippen molar-refractivity contribution in [2.24, 2.45) is 4.99 Å². The average molecular weight is 508 g/mol. The van der Waals surface area contributed by atoms with E-state index in [-0.39, 0.29) is 24.0 Å². The van der Waals surface area contributed by atoms with E-state index in [2.05, 4.69) is 38.4 Å². The monoisotopic (exact) mass is 507 g/mol. The van der Waals surface area contributed by atoms with E-state index in [4.69, 9.17) is 11.6 Å². The van der Waals surface area contributed by atoms with Gasteiger partial charge in [0, 0.05) is 48.0 Å². The number of aliphatic imine (C=N–C) groups is 1. The largest absolute Gasteiger partial charge is 0.356 e. The topological polar surface area (TPSA) is 54.2 Å². The molecule has 144 valence electrons. The summed E-state index contributed by atoms with van der Waals surface area (Å²) in [6.07, 6.45) is 1.00. The second-order valence-corrected chi connectivity index (χ2v) is 7.34. The first-order chi connectivity index (χ1) is 12.1. The maximum absolute atomic E-state index is 5.89. The van der Waals surface area contributed by atoms with Crippen LogP contribution in [0.25, 0.3) is 0 Å². The first kappa shape index (κ1) is 23.1. The lowest BCUT2D eigenvalue weighted by atomic mass is 10.4. The number of benzene rings is 1. The Morgan fingerprint density at radius 3 is 2.50 bits per heavy atom. The van der Waals surface area contributed by atoms with Crippen molar-refractivity contribution in [1.82, 2.24) is 20.4 Å². The Kier molecular flexibility index (Phi) is 11.1. The van der Waals surface area contributed by atoms with Gasteiger partial charge in [0.25, 0.3) is 0 Å². The number of aryl methyl sites for hydroxylation is 3. The zero-order valence-corrected chi connectivity index (χ0v) is 19.4. The number of aromatic nitrogens is 2. The third-order valence-corrected chi connectivity index (χ3v) is 4.91. The fraction of sp³-hybridized carbons (Fsp3) is 0.444. The summed E-state index contributed by atoms with van der Waals surface area (Å²) in [5.74, 6) is 1.80. The van der Waals surface area contributed by atoms with Gasteiger partial charge in [0.05, 0.1) is 5.69 Å². The summed E-state index contributed by atoms with van der Waals surface area (Å²) >= 11 is 7.69. The van der Waals surface area contributed by atoms with Gasteiger partial charge in [-0.15, -0.1) is 35.7 Å². The van der Waals surface area contributed by atoms with Crippen LogP contribution in [0.1, 0.15) is 17.8 Å². The predicted octanol–water partition coefficient (Wildman–Crippen LogP) is 4.12. The number of halogens is 2. The van der Waals surface area contributed by atoms with E-state index < -0.39 is 0 Å². The minimum Gasteiger partial charge on any atom is -0.356 e. The number of rotatable bonds is 8. The van der Waals surface area contributed by atoms with E-state index in [9.17, 15) is 0 Å². The number of nitrogens with one attached hydrogen (secondary N) is 2. The van der Waals surface area contributed by atoms with Crippen molar-refractivity contribution in [1.29, 1.82) is 0 Å². The van der Waals surface area contributed by atoms with E-state index in [1.165, 1.54) is 10.6 Å². The van der Waals surface area contributed by atoms with Crippen molar-refractivity contribution in [3.8, 4) is 0 Å². The summed E-state index contributed by atoms with van der Waals surface area (Å²) in [5.41, 5.74) is 2.28. The lowest BCUT2D eigenvalue weighted by molar-refractivity contribution is 0.555. The molecule has 0 aliphatic carbocycles. The Balaban J connectivity index is 0.00000338. The summed E-state index contributed by atoms with van der Waals surface area (Å²) in [4.78, 5) is 5.48. The minimum atomic E-state index is 0. The molecule has 8 heteroatoms. The maximum Gasteiger partial charge on any atom is 0.191 e. The van der Waals surface area contributed by atoms with Crippen LogP contribution in [-0.2, 0) is 6.54 Å². The highest BCUT2D eigenvalue weighted by Gasteiger charge is 2.01. The van der Waals surface area contributed by atoms with Gasteiger partial charge in [-0.1, -0.05) is 11.6 Å². The molecule has 1 aromatic heterocycles. The van der Waals surface area contributed by atoms with Crippen molar-refractivity contribution in [3.63, 3.8) is 0 Å². The third kappa shape index (κ3) is 8.18.